The minimum absolute atomic E-state index is 0.253. The van der Waals surface area contributed by atoms with Gasteiger partial charge >= 0.3 is 0 Å². The molecule has 0 radical (unpaired) electrons. The van der Waals surface area contributed by atoms with Crippen molar-refractivity contribution in [2.45, 2.75) is 70.1 Å². The van der Waals surface area contributed by atoms with Crippen molar-refractivity contribution in [3.05, 3.63) is 30.9 Å². The normalized spacial score (nSPS) is 21.6. The van der Waals surface area contributed by atoms with Crippen molar-refractivity contribution < 1.29 is 4.74 Å². The quantitative estimate of drug-likeness (QED) is 0.386. The lowest BCUT2D eigenvalue weighted by atomic mass is 9.81. The predicted molar refractivity (Wildman–Crippen MR) is 142 cm³/mol. The van der Waals surface area contributed by atoms with E-state index in [2.05, 4.69) is 58.0 Å². The Morgan fingerprint density at radius 3 is 2.74 bits per heavy atom. The molecule has 2 fully saturated rings. The van der Waals surface area contributed by atoms with Gasteiger partial charge in [0.05, 0.1) is 11.6 Å². The van der Waals surface area contributed by atoms with Crippen LogP contribution in [0.3, 0.4) is 0 Å². The van der Waals surface area contributed by atoms with Crippen LogP contribution in [0.5, 0.6) is 0 Å². The average Bonchev–Trinajstić information content (AvgIpc) is 3.40. The zero-order valence-electron chi connectivity index (χ0n) is 21.3. The topological polar surface area (TPSA) is 60.1 Å². The minimum atomic E-state index is -1.12. The first kappa shape index (κ1) is 23.6. The maximum Gasteiger partial charge on any atom is 0.144 e. The fourth-order valence-corrected chi connectivity index (χ4v) is 6.35. The van der Waals surface area contributed by atoms with Crippen LogP contribution in [0, 0.1) is 0 Å². The second kappa shape index (κ2) is 9.47. The molecule has 3 aromatic rings. The molecule has 7 nitrogen and oxygen atoms in total. The van der Waals surface area contributed by atoms with Crippen LogP contribution < -0.4 is 10.2 Å². The lowest BCUT2D eigenvalue weighted by Gasteiger charge is -2.47. The second-order valence-electron chi connectivity index (χ2n) is 11.5. The molecular formula is C26H40N6OSi. The summed E-state index contributed by atoms with van der Waals surface area (Å²) in [6, 6.07) is 3.38. The second-order valence-corrected chi connectivity index (χ2v) is 17.1. The van der Waals surface area contributed by atoms with Gasteiger partial charge in [-0.3, -0.25) is 4.68 Å². The fraction of sp³-hybridized carbons (Fsp3) is 0.615. The van der Waals surface area contributed by atoms with Crippen LogP contribution in [0.2, 0.25) is 25.7 Å². The Labute approximate surface area is 204 Å². The lowest BCUT2D eigenvalue weighted by Crippen LogP contribution is -2.59. The number of ether oxygens (including phenoxy) is 1. The lowest BCUT2D eigenvalue weighted by molar-refractivity contribution is 0.0899. The molecule has 34 heavy (non-hydrogen) atoms. The van der Waals surface area contributed by atoms with Crippen LogP contribution in [0.4, 0.5) is 5.69 Å². The third kappa shape index (κ3) is 4.94. The summed E-state index contributed by atoms with van der Waals surface area (Å²) in [7, 11) is 0.858. The van der Waals surface area contributed by atoms with E-state index in [0.29, 0.717) is 6.73 Å². The number of hydrogen-bond acceptors (Lipinski definition) is 5. The summed E-state index contributed by atoms with van der Waals surface area (Å²) in [4.78, 5) is 7.44. The van der Waals surface area contributed by atoms with Gasteiger partial charge in [0, 0.05) is 75.8 Å². The molecule has 2 aliphatic heterocycles. The van der Waals surface area contributed by atoms with Crippen molar-refractivity contribution in [1.82, 2.24) is 24.6 Å². The Kier molecular flexibility index (Phi) is 6.57. The molecule has 1 spiro atoms. The number of fused-ring (bicyclic) bond motifs is 1. The SMILES string of the molecule is Cn1cc(-c2cn(COCC[Si](C)(C)C)c3nccc(N4CCCC5(CCCCN5)C4)c23)cn1. The van der Waals surface area contributed by atoms with Gasteiger partial charge in [0.15, 0.2) is 0 Å². The van der Waals surface area contributed by atoms with Crippen LogP contribution >= 0.6 is 0 Å². The van der Waals surface area contributed by atoms with E-state index in [9.17, 15) is 0 Å². The van der Waals surface area contributed by atoms with Crippen LogP contribution in [0.1, 0.15) is 32.1 Å². The van der Waals surface area contributed by atoms with Gasteiger partial charge in [-0.05, 0) is 44.3 Å². The molecule has 3 aromatic heterocycles. The molecule has 1 atom stereocenters. The summed E-state index contributed by atoms with van der Waals surface area (Å²) in [5.74, 6) is 0. The third-order valence-electron chi connectivity index (χ3n) is 7.48. The van der Waals surface area contributed by atoms with Gasteiger partial charge in [-0.2, -0.15) is 5.10 Å². The van der Waals surface area contributed by atoms with E-state index in [1.807, 2.05) is 24.1 Å². The van der Waals surface area contributed by atoms with Crippen LogP contribution in [-0.2, 0) is 18.5 Å². The van der Waals surface area contributed by atoms with Gasteiger partial charge in [-0.25, -0.2) is 4.98 Å². The van der Waals surface area contributed by atoms with E-state index >= 15 is 0 Å². The first-order valence-electron chi connectivity index (χ1n) is 12.9. The summed E-state index contributed by atoms with van der Waals surface area (Å²) in [5, 5.41) is 9.57. The maximum absolute atomic E-state index is 6.15. The van der Waals surface area contributed by atoms with Crippen molar-refractivity contribution in [1.29, 1.82) is 0 Å². The van der Waals surface area contributed by atoms with E-state index in [-0.39, 0.29) is 5.54 Å². The highest BCUT2D eigenvalue weighted by Crippen LogP contribution is 2.39. The van der Waals surface area contributed by atoms with E-state index in [0.717, 1.165) is 37.5 Å². The standard InChI is InChI=1S/C26H40N6OSi/c1-30-17-21(16-29-30)22-18-32(20-33-14-15-34(2,3)4)25-24(22)23(8-12-27-25)31-13-7-10-26(19-31)9-5-6-11-28-26/h8,12,16-18,28H,5-7,9-11,13-15,19-20H2,1-4H3. The number of piperidine rings is 2. The summed E-state index contributed by atoms with van der Waals surface area (Å²) in [6.45, 7) is 11.8. The highest BCUT2D eigenvalue weighted by Gasteiger charge is 2.37. The molecule has 1 N–H and O–H groups in total. The minimum Gasteiger partial charge on any atom is -0.369 e. The van der Waals surface area contributed by atoms with E-state index in [1.165, 1.54) is 54.8 Å². The van der Waals surface area contributed by atoms with Crippen molar-refractivity contribution in [2.75, 3.05) is 31.1 Å². The molecule has 0 amide bonds. The van der Waals surface area contributed by atoms with E-state index in [4.69, 9.17) is 9.72 Å². The first-order chi connectivity index (χ1) is 16.3. The van der Waals surface area contributed by atoms with E-state index < -0.39 is 8.07 Å². The highest BCUT2D eigenvalue weighted by molar-refractivity contribution is 6.76. The summed E-state index contributed by atoms with van der Waals surface area (Å²) in [5.41, 5.74) is 4.86. The number of nitrogens with one attached hydrogen (secondary N) is 1. The largest absolute Gasteiger partial charge is 0.369 e. The maximum atomic E-state index is 6.15. The first-order valence-corrected chi connectivity index (χ1v) is 16.6. The number of anilines is 1. The molecule has 0 aliphatic carbocycles. The van der Waals surface area contributed by atoms with Gasteiger partial charge in [-0.1, -0.05) is 26.1 Å². The van der Waals surface area contributed by atoms with Gasteiger partial charge in [0.25, 0.3) is 0 Å². The van der Waals surface area contributed by atoms with E-state index in [1.54, 1.807) is 0 Å². The molecular weight excluding hydrogens is 440 g/mol. The van der Waals surface area contributed by atoms with Crippen LogP contribution in [0.25, 0.3) is 22.2 Å². The smallest absolute Gasteiger partial charge is 0.144 e. The number of hydrogen-bond donors (Lipinski definition) is 1. The van der Waals surface area contributed by atoms with Gasteiger partial charge in [0.1, 0.15) is 12.4 Å². The third-order valence-corrected chi connectivity index (χ3v) is 9.18. The molecule has 2 saturated heterocycles. The molecule has 0 saturated carbocycles. The van der Waals surface area contributed by atoms with Gasteiger partial charge in [0.2, 0.25) is 0 Å². The Morgan fingerprint density at radius 2 is 2.00 bits per heavy atom. The van der Waals surface area contributed by atoms with Crippen LogP contribution in [0.15, 0.2) is 30.9 Å². The molecule has 8 heteroatoms. The van der Waals surface area contributed by atoms with Crippen molar-refractivity contribution >= 4 is 24.8 Å². The predicted octanol–water partition coefficient (Wildman–Crippen LogP) is 4.86. The number of rotatable bonds is 7. The summed E-state index contributed by atoms with van der Waals surface area (Å²) in [6.07, 6.45) is 14.7. The Morgan fingerprint density at radius 1 is 1.15 bits per heavy atom. The van der Waals surface area contributed by atoms with Gasteiger partial charge in [-0.15, -0.1) is 0 Å². The Bertz CT molecular complexity index is 1120. The molecule has 0 aromatic carbocycles. The number of nitrogens with zero attached hydrogens (tertiary/aromatic N) is 5. The molecule has 1 unspecified atom stereocenters. The zero-order valence-corrected chi connectivity index (χ0v) is 22.3. The molecule has 0 bridgehead atoms. The fourth-order valence-electron chi connectivity index (χ4n) is 5.60. The summed E-state index contributed by atoms with van der Waals surface area (Å²) >= 11 is 0. The molecule has 184 valence electrons. The number of aromatic nitrogens is 4. The Hall–Kier alpha value is -2.16. The molecule has 5 heterocycles. The molecule has 5 rings (SSSR count). The monoisotopic (exact) mass is 480 g/mol. The van der Waals surface area contributed by atoms with Crippen molar-refractivity contribution in [2.24, 2.45) is 7.05 Å². The highest BCUT2D eigenvalue weighted by atomic mass is 28.3. The number of pyridine rings is 1. The van der Waals surface area contributed by atoms with Crippen molar-refractivity contribution in [3.8, 4) is 11.1 Å². The van der Waals surface area contributed by atoms with Gasteiger partial charge < -0.3 is 19.5 Å². The zero-order chi connectivity index (χ0) is 23.8. The average molecular weight is 481 g/mol. The summed E-state index contributed by atoms with van der Waals surface area (Å²) < 4.78 is 10.2. The van der Waals surface area contributed by atoms with Crippen molar-refractivity contribution in [3.63, 3.8) is 0 Å². The Balaban J connectivity index is 1.50. The molecule has 2 aliphatic rings. The number of aryl methyl sites for hydroxylation is 1. The van der Waals surface area contributed by atoms with Crippen LogP contribution in [-0.4, -0.2) is 59.2 Å².